The number of nitrogens with one attached hydrogen (secondary N) is 3. The van der Waals surface area contributed by atoms with Crippen LogP contribution in [0, 0.1) is 6.92 Å². The molecule has 2 heterocycles. The van der Waals surface area contributed by atoms with Crippen molar-refractivity contribution in [3.05, 3.63) is 111 Å². The van der Waals surface area contributed by atoms with Crippen LogP contribution >= 0.6 is 15.9 Å². The molecule has 2 aromatic heterocycles. The Hall–Kier alpha value is -4.77. The van der Waals surface area contributed by atoms with Gasteiger partial charge >= 0.3 is 0 Å². The molecule has 11 heteroatoms. The third kappa shape index (κ3) is 7.15. The number of H-pyrrole nitrogens is 1. The molecule has 5 aromatic rings. The lowest BCUT2D eigenvalue weighted by molar-refractivity contribution is -0.123. The van der Waals surface area contributed by atoms with Gasteiger partial charge in [-0.25, -0.2) is 9.67 Å². The predicted octanol–water partition coefficient (Wildman–Crippen LogP) is 6.14. The number of para-hydroxylation sites is 2. The van der Waals surface area contributed by atoms with Crippen LogP contribution in [0.25, 0.3) is 16.6 Å². The maximum absolute atomic E-state index is 14.0. The number of halogens is 1. The van der Waals surface area contributed by atoms with Crippen LogP contribution in [0.15, 0.2) is 88.1 Å². The van der Waals surface area contributed by atoms with Crippen LogP contribution in [0.4, 0.5) is 11.8 Å². The standard InChI is InChI=1S/C36H38BrN7O3/c1-22-32(35(47)44(42-22)27-9-5-4-6-10-27)29(21-31(45)23-13-15-24(37)16-14-23)34(46)38-25-17-19-26(20-18-25)39-36-40-30-12-8-7-11-28(30)33(41-36)43(2)3/h4-16,25-26,29,42H,17-21H2,1-3H3,(H,38,46)(H,39,40,41). The Morgan fingerprint density at radius 2 is 1.60 bits per heavy atom. The van der Waals surface area contributed by atoms with Gasteiger partial charge in [0.1, 0.15) is 5.82 Å². The first-order valence-corrected chi connectivity index (χ1v) is 16.6. The lowest BCUT2D eigenvalue weighted by atomic mass is 9.88. The van der Waals surface area contributed by atoms with Crippen molar-refractivity contribution in [2.24, 2.45) is 0 Å². The van der Waals surface area contributed by atoms with Crippen molar-refractivity contribution in [3.8, 4) is 5.69 Å². The van der Waals surface area contributed by atoms with E-state index < -0.39 is 5.92 Å². The molecule has 1 saturated carbocycles. The SMILES string of the molecule is Cc1[nH]n(-c2ccccc2)c(=O)c1C(CC(=O)c1ccc(Br)cc1)C(=O)NC1CCC(Nc2nc(N(C)C)c3ccccc3n2)CC1. The topological polar surface area (TPSA) is 125 Å². The first kappa shape index (κ1) is 32.2. The zero-order chi connectivity index (χ0) is 33.1. The minimum Gasteiger partial charge on any atom is -0.362 e. The number of carbonyl (C=O) groups is 2. The minimum absolute atomic E-state index is 0.0868. The summed E-state index contributed by atoms with van der Waals surface area (Å²) in [6, 6.07) is 24.3. The molecule has 242 valence electrons. The van der Waals surface area contributed by atoms with E-state index in [2.05, 4.69) is 31.7 Å². The van der Waals surface area contributed by atoms with E-state index in [1.807, 2.05) is 73.6 Å². The molecular weight excluding hydrogens is 658 g/mol. The van der Waals surface area contributed by atoms with Crippen molar-refractivity contribution in [2.75, 3.05) is 24.3 Å². The average Bonchev–Trinajstić information content (AvgIpc) is 3.37. The summed E-state index contributed by atoms with van der Waals surface area (Å²) in [5.41, 5.74) is 2.55. The Kier molecular flexibility index (Phi) is 9.53. The lowest BCUT2D eigenvalue weighted by Crippen LogP contribution is -2.43. The second kappa shape index (κ2) is 13.9. The maximum Gasteiger partial charge on any atom is 0.275 e. The number of Topliss-reactive ketones (excluding diaryl/α,β-unsaturated/α-hetero) is 1. The number of amides is 1. The van der Waals surface area contributed by atoms with Crippen LogP contribution in [0.1, 0.15) is 59.6 Å². The molecule has 3 aromatic carbocycles. The Morgan fingerprint density at radius 3 is 2.30 bits per heavy atom. The number of hydrogen-bond acceptors (Lipinski definition) is 7. The Balaban J connectivity index is 1.18. The molecule has 0 spiro atoms. The van der Waals surface area contributed by atoms with E-state index in [-0.39, 0.29) is 35.8 Å². The van der Waals surface area contributed by atoms with Crippen molar-refractivity contribution >= 4 is 50.3 Å². The molecule has 1 amide bonds. The highest BCUT2D eigenvalue weighted by molar-refractivity contribution is 9.10. The van der Waals surface area contributed by atoms with Crippen LogP contribution in [0.2, 0.25) is 0 Å². The van der Waals surface area contributed by atoms with Gasteiger partial charge in [0.05, 0.1) is 22.7 Å². The third-order valence-corrected chi connectivity index (χ3v) is 9.29. The Labute approximate surface area is 281 Å². The van der Waals surface area contributed by atoms with E-state index in [0.717, 1.165) is 46.9 Å². The summed E-state index contributed by atoms with van der Waals surface area (Å²) in [5.74, 6) is -0.0339. The molecule has 10 nitrogen and oxygen atoms in total. The number of hydrogen-bond donors (Lipinski definition) is 3. The largest absolute Gasteiger partial charge is 0.362 e. The predicted molar refractivity (Wildman–Crippen MR) is 189 cm³/mol. The van der Waals surface area contributed by atoms with Gasteiger partial charge in [-0.2, -0.15) is 4.98 Å². The first-order valence-electron chi connectivity index (χ1n) is 15.8. The van der Waals surface area contributed by atoms with Gasteiger partial charge in [0.2, 0.25) is 11.9 Å². The summed E-state index contributed by atoms with van der Waals surface area (Å²) in [7, 11) is 3.94. The van der Waals surface area contributed by atoms with Gasteiger partial charge in [-0.15, -0.1) is 0 Å². The number of carbonyl (C=O) groups excluding carboxylic acids is 2. The number of nitrogens with zero attached hydrogens (tertiary/aromatic N) is 4. The van der Waals surface area contributed by atoms with E-state index in [9.17, 15) is 14.4 Å². The molecule has 3 N–H and O–H groups in total. The van der Waals surface area contributed by atoms with Crippen LogP contribution in [0.3, 0.4) is 0 Å². The highest BCUT2D eigenvalue weighted by atomic mass is 79.9. The third-order valence-electron chi connectivity index (χ3n) is 8.77. The molecule has 0 aliphatic heterocycles. The lowest BCUT2D eigenvalue weighted by Gasteiger charge is -2.31. The molecule has 6 rings (SSSR count). The second-order valence-corrected chi connectivity index (χ2v) is 13.2. The van der Waals surface area contributed by atoms with Gasteiger partial charge in [0.15, 0.2) is 5.78 Å². The fourth-order valence-corrected chi connectivity index (χ4v) is 6.59. The van der Waals surface area contributed by atoms with Crippen molar-refractivity contribution in [3.63, 3.8) is 0 Å². The quantitative estimate of drug-likeness (QED) is 0.150. The molecule has 47 heavy (non-hydrogen) atoms. The average molecular weight is 697 g/mol. The summed E-state index contributed by atoms with van der Waals surface area (Å²) in [6.07, 6.45) is 2.98. The van der Waals surface area contributed by atoms with Gasteiger partial charge < -0.3 is 15.5 Å². The highest BCUT2D eigenvalue weighted by Gasteiger charge is 2.33. The summed E-state index contributed by atoms with van der Waals surface area (Å²) in [4.78, 5) is 52.8. The minimum atomic E-state index is -0.953. The molecule has 1 atom stereocenters. The van der Waals surface area contributed by atoms with Crippen molar-refractivity contribution < 1.29 is 9.59 Å². The van der Waals surface area contributed by atoms with Gasteiger partial charge in [-0.1, -0.05) is 58.4 Å². The van der Waals surface area contributed by atoms with Crippen LogP contribution in [-0.2, 0) is 4.79 Å². The monoisotopic (exact) mass is 695 g/mol. The number of anilines is 2. The van der Waals surface area contributed by atoms with Crippen LogP contribution in [-0.4, -0.2) is 57.6 Å². The van der Waals surface area contributed by atoms with E-state index >= 15 is 0 Å². The number of benzene rings is 3. The van der Waals surface area contributed by atoms with Crippen LogP contribution < -0.4 is 21.1 Å². The number of ketones is 1. The Morgan fingerprint density at radius 1 is 0.936 bits per heavy atom. The van der Waals surface area contributed by atoms with E-state index in [4.69, 9.17) is 9.97 Å². The van der Waals surface area contributed by atoms with E-state index in [1.54, 1.807) is 31.2 Å². The first-order chi connectivity index (χ1) is 22.7. The molecule has 1 aliphatic carbocycles. The molecule has 1 unspecified atom stereocenters. The Bertz CT molecular complexity index is 1950. The zero-order valence-electron chi connectivity index (χ0n) is 26.7. The summed E-state index contributed by atoms with van der Waals surface area (Å²) >= 11 is 3.41. The number of aromatic amines is 1. The summed E-state index contributed by atoms with van der Waals surface area (Å²) in [5, 5.41) is 10.8. The van der Waals surface area contributed by atoms with Crippen LogP contribution in [0.5, 0.6) is 0 Å². The molecule has 1 aliphatic rings. The van der Waals surface area contributed by atoms with Gasteiger partial charge in [-0.3, -0.25) is 19.5 Å². The normalized spacial score (nSPS) is 16.9. The van der Waals surface area contributed by atoms with Crippen molar-refractivity contribution in [2.45, 2.75) is 57.0 Å². The summed E-state index contributed by atoms with van der Waals surface area (Å²) < 4.78 is 2.29. The number of aryl methyl sites for hydroxylation is 1. The van der Waals surface area contributed by atoms with Crippen molar-refractivity contribution in [1.29, 1.82) is 0 Å². The van der Waals surface area contributed by atoms with E-state index in [1.165, 1.54) is 4.68 Å². The number of aromatic nitrogens is 4. The van der Waals surface area contributed by atoms with Gasteiger partial charge in [0, 0.05) is 53.7 Å². The molecular formula is C36H38BrN7O3. The fraction of sp³-hybridized carbons (Fsp3) is 0.306. The molecule has 0 bridgehead atoms. The maximum atomic E-state index is 14.0. The van der Waals surface area contributed by atoms with E-state index in [0.29, 0.717) is 28.5 Å². The number of fused-ring (bicyclic) bond motifs is 1. The van der Waals surface area contributed by atoms with Crippen molar-refractivity contribution in [1.82, 2.24) is 25.1 Å². The second-order valence-electron chi connectivity index (χ2n) is 12.3. The zero-order valence-corrected chi connectivity index (χ0v) is 28.3. The highest BCUT2D eigenvalue weighted by Crippen LogP contribution is 2.28. The molecule has 1 fully saturated rings. The molecule has 0 saturated heterocycles. The smallest absolute Gasteiger partial charge is 0.275 e. The van der Waals surface area contributed by atoms with Gasteiger partial charge in [0.25, 0.3) is 5.56 Å². The summed E-state index contributed by atoms with van der Waals surface area (Å²) in [6.45, 7) is 1.77. The number of rotatable bonds is 10. The fourth-order valence-electron chi connectivity index (χ4n) is 6.33. The molecule has 0 radical (unpaired) electrons. The van der Waals surface area contributed by atoms with Gasteiger partial charge in [-0.05, 0) is 69.0 Å².